The first-order chi connectivity index (χ1) is 8.61. The lowest BCUT2D eigenvalue weighted by Crippen LogP contribution is -2.16. The maximum Gasteiger partial charge on any atom is 0.253 e. The molecular weight excluding hydrogens is 230 g/mol. The largest absolute Gasteiger partial charge is 0.330 e. The van der Waals surface area contributed by atoms with Crippen molar-refractivity contribution in [2.45, 2.75) is 26.2 Å². The Morgan fingerprint density at radius 3 is 2.94 bits per heavy atom. The lowest BCUT2D eigenvalue weighted by Gasteiger charge is -2.09. The topological polar surface area (TPSA) is 89.6 Å². The summed E-state index contributed by atoms with van der Waals surface area (Å²) >= 11 is 0. The van der Waals surface area contributed by atoms with Crippen LogP contribution < -0.4 is 11.3 Å². The third-order valence-corrected chi connectivity index (χ3v) is 2.63. The van der Waals surface area contributed by atoms with E-state index in [1.54, 1.807) is 17.0 Å². The van der Waals surface area contributed by atoms with Crippen molar-refractivity contribution in [3.63, 3.8) is 0 Å². The van der Waals surface area contributed by atoms with E-state index in [4.69, 9.17) is 5.73 Å². The molecule has 2 heterocycles. The maximum atomic E-state index is 11.6. The number of nitrogens with two attached hydrogens (primary N) is 1. The highest BCUT2D eigenvalue weighted by Crippen LogP contribution is 2.11. The van der Waals surface area contributed by atoms with Crippen molar-refractivity contribution in [2.75, 3.05) is 6.54 Å². The van der Waals surface area contributed by atoms with E-state index in [0.717, 1.165) is 5.82 Å². The second-order valence-corrected chi connectivity index (χ2v) is 4.40. The molecule has 96 valence electrons. The van der Waals surface area contributed by atoms with Crippen molar-refractivity contribution in [2.24, 2.45) is 5.73 Å². The van der Waals surface area contributed by atoms with Gasteiger partial charge >= 0.3 is 0 Å². The molecule has 0 saturated carbocycles. The van der Waals surface area contributed by atoms with Gasteiger partial charge in [0.05, 0.1) is 0 Å². The summed E-state index contributed by atoms with van der Waals surface area (Å²) < 4.78 is 1.80. The van der Waals surface area contributed by atoms with Crippen LogP contribution in [0.1, 0.15) is 31.4 Å². The zero-order valence-corrected chi connectivity index (χ0v) is 10.6. The van der Waals surface area contributed by atoms with E-state index >= 15 is 0 Å². The molecule has 2 rings (SSSR count). The van der Waals surface area contributed by atoms with Gasteiger partial charge in [0.1, 0.15) is 17.5 Å². The number of nitrogens with zero attached hydrogens (tertiary/aromatic N) is 3. The fraction of sp³-hybridized carbons (Fsp3) is 0.417. The lowest BCUT2D eigenvalue weighted by molar-refractivity contribution is 0.743. The van der Waals surface area contributed by atoms with Crippen molar-refractivity contribution in [1.29, 1.82) is 0 Å². The number of hydrogen-bond acceptors (Lipinski definition) is 4. The Morgan fingerprint density at radius 2 is 2.28 bits per heavy atom. The smallest absolute Gasteiger partial charge is 0.253 e. The molecule has 0 aromatic carbocycles. The molecule has 0 spiro atoms. The van der Waals surface area contributed by atoms with Gasteiger partial charge in [0.25, 0.3) is 5.56 Å². The van der Waals surface area contributed by atoms with Gasteiger partial charge in [-0.2, -0.15) is 0 Å². The minimum absolute atomic E-state index is 0.156. The summed E-state index contributed by atoms with van der Waals surface area (Å²) in [5.74, 6) is 2.23. The molecule has 0 fully saturated rings. The highest BCUT2D eigenvalue weighted by molar-refractivity contribution is 5.24. The normalized spacial score (nSPS) is 11.1. The molecule has 0 amide bonds. The number of rotatable bonds is 4. The van der Waals surface area contributed by atoms with Gasteiger partial charge in [0, 0.05) is 30.8 Å². The van der Waals surface area contributed by atoms with Crippen LogP contribution >= 0.6 is 0 Å². The minimum Gasteiger partial charge on any atom is -0.330 e. The summed E-state index contributed by atoms with van der Waals surface area (Å²) in [6.07, 6.45) is 4.12. The fourth-order valence-corrected chi connectivity index (χ4v) is 1.72. The molecule has 0 aliphatic carbocycles. The number of aromatic nitrogens is 4. The summed E-state index contributed by atoms with van der Waals surface area (Å²) in [6.45, 7) is 4.48. The summed E-state index contributed by atoms with van der Waals surface area (Å²) in [5.41, 5.74) is 5.38. The van der Waals surface area contributed by atoms with E-state index in [0.29, 0.717) is 24.6 Å². The van der Waals surface area contributed by atoms with Crippen LogP contribution in [0.15, 0.2) is 23.3 Å². The van der Waals surface area contributed by atoms with Gasteiger partial charge in [0.15, 0.2) is 0 Å². The number of H-pyrrole nitrogens is 1. The van der Waals surface area contributed by atoms with Gasteiger partial charge in [-0.3, -0.25) is 9.36 Å². The number of imidazole rings is 1. The summed E-state index contributed by atoms with van der Waals surface area (Å²) in [4.78, 5) is 23.0. The van der Waals surface area contributed by atoms with Crippen molar-refractivity contribution in [1.82, 2.24) is 19.5 Å². The number of aromatic amines is 1. The molecule has 0 unspecified atom stereocenters. The highest BCUT2D eigenvalue weighted by Gasteiger charge is 2.09. The Bertz CT molecular complexity index is 584. The third kappa shape index (κ3) is 2.48. The number of hydrogen-bond donors (Lipinski definition) is 2. The van der Waals surface area contributed by atoms with Crippen LogP contribution in [0.3, 0.4) is 0 Å². The van der Waals surface area contributed by atoms with Crippen LogP contribution in [-0.4, -0.2) is 26.1 Å². The Kier molecular flexibility index (Phi) is 3.57. The quantitative estimate of drug-likeness (QED) is 0.827. The monoisotopic (exact) mass is 247 g/mol. The predicted octanol–water partition coefficient (Wildman–Crippen LogP) is 0.580. The van der Waals surface area contributed by atoms with Crippen LogP contribution in [0.25, 0.3) is 5.82 Å². The van der Waals surface area contributed by atoms with E-state index in [1.807, 2.05) is 13.8 Å². The highest BCUT2D eigenvalue weighted by atomic mass is 16.1. The zero-order valence-electron chi connectivity index (χ0n) is 10.6. The Balaban J connectivity index is 2.50. The molecule has 0 bridgehead atoms. The summed E-state index contributed by atoms with van der Waals surface area (Å²) in [7, 11) is 0. The second-order valence-electron chi connectivity index (χ2n) is 4.40. The van der Waals surface area contributed by atoms with Crippen LogP contribution in [0.2, 0.25) is 0 Å². The first kappa shape index (κ1) is 12.5. The van der Waals surface area contributed by atoms with E-state index in [9.17, 15) is 4.79 Å². The second kappa shape index (κ2) is 5.14. The van der Waals surface area contributed by atoms with Gasteiger partial charge in [-0.05, 0) is 6.54 Å². The molecule has 0 radical (unpaired) electrons. The molecule has 2 aromatic rings. The molecule has 0 aliphatic heterocycles. The van der Waals surface area contributed by atoms with Crippen molar-refractivity contribution in [3.05, 3.63) is 40.5 Å². The fourth-order valence-electron chi connectivity index (χ4n) is 1.72. The molecule has 0 aliphatic rings. The van der Waals surface area contributed by atoms with Crippen molar-refractivity contribution < 1.29 is 0 Å². The van der Waals surface area contributed by atoms with Crippen molar-refractivity contribution >= 4 is 0 Å². The van der Waals surface area contributed by atoms with Gasteiger partial charge < -0.3 is 10.7 Å². The molecule has 18 heavy (non-hydrogen) atoms. The molecule has 0 saturated heterocycles. The molecule has 6 heteroatoms. The molecular formula is C12H17N5O. The Labute approximate surface area is 105 Å². The van der Waals surface area contributed by atoms with E-state index < -0.39 is 0 Å². The van der Waals surface area contributed by atoms with Crippen LogP contribution in [0.5, 0.6) is 0 Å². The van der Waals surface area contributed by atoms with Gasteiger partial charge in [0.2, 0.25) is 0 Å². The van der Waals surface area contributed by atoms with Crippen LogP contribution in [-0.2, 0) is 6.42 Å². The Morgan fingerprint density at radius 1 is 1.50 bits per heavy atom. The minimum atomic E-state index is -0.156. The maximum absolute atomic E-state index is 11.6. The first-order valence-electron chi connectivity index (χ1n) is 5.95. The average molecular weight is 247 g/mol. The molecule has 2 aromatic heterocycles. The average Bonchev–Trinajstić information content (AvgIpc) is 2.77. The zero-order chi connectivity index (χ0) is 13.1. The predicted molar refractivity (Wildman–Crippen MR) is 68.8 cm³/mol. The van der Waals surface area contributed by atoms with E-state index in [-0.39, 0.29) is 11.5 Å². The van der Waals surface area contributed by atoms with E-state index in [2.05, 4.69) is 15.0 Å². The van der Waals surface area contributed by atoms with Gasteiger partial charge in [-0.25, -0.2) is 9.97 Å². The standard InChI is InChI=1S/C12H17N5O/c1-8(2)12-15-10(7-11(18)16-12)17-6-5-14-9(17)3-4-13/h5-8H,3-4,13H2,1-2H3,(H,15,16,18). The van der Waals surface area contributed by atoms with Crippen LogP contribution in [0, 0.1) is 0 Å². The molecule has 6 nitrogen and oxygen atoms in total. The summed E-state index contributed by atoms with van der Waals surface area (Å²) in [5, 5.41) is 0. The first-order valence-corrected chi connectivity index (χ1v) is 5.95. The van der Waals surface area contributed by atoms with Gasteiger partial charge in [-0.15, -0.1) is 0 Å². The third-order valence-electron chi connectivity index (χ3n) is 2.63. The molecule has 3 N–H and O–H groups in total. The van der Waals surface area contributed by atoms with Crippen LogP contribution in [0.4, 0.5) is 0 Å². The Hall–Kier alpha value is -1.95. The van der Waals surface area contributed by atoms with E-state index in [1.165, 1.54) is 6.07 Å². The van der Waals surface area contributed by atoms with Crippen molar-refractivity contribution in [3.8, 4) is 5.82 Å². The van der Waals surface area contributed by atoms with Gasteiger partial charge in [-0.1, -0.05) is 13.8 Å². The molecule has 0 atom stereocenters. The SMILES string of the molecule is CC(C)c1nc(-n2ccnc2CCN)cc(=O)[nH]1. The number of nitrogens with one attached hydrogen (secondary N) is 1. The lowest BCUT2D eigenvalue weighted by atomic mass is 10.2. The summed E-state index contributed by atoms with van der Waals surface area (Å²) in [6, 6.07) is 1.47.